The van der Waals surface area contributed by atoms with Gasteiger partial charge in [0.1, 0.15) is 0 Å². The van der Waals surface area contributed by atoms with Crippen LogP contribution in [0.3, 0.4) is 0 Å². The summed E-state index contributed by atoms with van der Waals surface area (Å²) in [5.41, 5.74) is 1.06. The lowest BCUT2D eigenvalue weighted by Gasteiger charge is -2.05. The van der Waals surface area contributed by atoms with Crippen LogP contribution in [0.1, 0.15) is 12.0 Å². The van der Waals surface area contributed by atoms with E-state index in [2.05, 4.69) is 17.2 Å². The van der Waals surface area contributed by atoms with Crippen LogP contribution in [0.4, 0.5) is 0 Å². The van der Waals surface area contributed by atoms with Gasteiger partial charge in [0.2, 0.25) is 11.8 Å². The van der Waals surface area contributed by atoms with Crippen molar-refractivity contribution in [1.29, 1.82) is 0 Å². The first kappa shape index (κ1) is 13.3. The summed E-state index contributed by atoms with van der Waals surface area (Å²) in [7, 11) is 0. The number of nitrogens with one attached hydrogen (secondary N) is 2. The van der Waals surface area contributed by atoms with E-state index in [0.717, 1.165) is 5.56 Å². The molecule has 0 heterocycles. The molecule has 0 spiro atoms. The molecule has 0 aromatic heterocycles. The van der Waals surface area contributed by atoms with E-state index in [1.165, 1.54) is 0 Å². The molecule has 2 rings (SSSR count). The smallest absolute Gasteiger partial charge is 0.224 e. The largest absolute Gasteiger partial charge is 0.352 e. The molecule has 0 radical (unpaired) electrons. The molecule has 1 fully saturated rings. The van der Waals surface area contributed by atoms with Crippen molar-refractivity contribution in [3.63, 3.8) is 0 Å². The molecule has 1 aliphatic rings. The van der Waals surface area contributed by atoms with Crippen molar-refractivity contribution in [1.82, 2.24) is 10.6 Å². The third-order valence-corrected chi connectivity index (χ3v) is 3.19. The molecule has 0 bridgehead atoms. The molecule has 100 valence electrons. The van der Waals surface area contributed by atoms with Crippen LogP contribution in [-0.2, 0) is 16.1 Å². The molecule has 4 nitrogen and oxygen atoms in total. The molecule has 19 heavy (non-hydrogen) atoms. The summed E-state index contributed by atoms with van der Waals surface area (Å²) >= 11 is 0. The molecule has 0 saturated heterocycles. The van der Waals surface area contributed by atoms with Gasteiger partial charge in [-0.3, -0.25) is 9.59 Å². The minimum absolute atomic E-state index is 0.0393. The van der Waals surface area contributed by atoms with E-state index in [4.69, 9.17) is 0 Å². The molecule has 4 heteroatoms. The first-order valence-corrected chi connectivity index (χ1v) is 6.42. The minimum atomic E-state index is -0.173. The summed E-state index contributed by atoms with van der Waals surface area (Å²) in [5, 5.41) is 5.58. The minimum Gasteiger partial charge on any atom is -0.352 e. The summed E-state index contributed by atoms with van der Waals surface area (Å²) in [6.45, 7) is 4.50. The van der Waals surface area contributed by atoms with Crippen molar-refractivity contribution in [3.8, 4) is 0 Å². The summed E-state index contributed by atoms with van der Waals surface area (Å²) in [6.07, 6.45) is 2.27. The summed E-state index contributed by atoms with van der Waals surface area (Å²) in [5.74, 6) is -0.438. The van der Waals surface area contributed by atoms with Crippen LogP contribution in [0.25, 0.3) is 0 Å². The number of hydrogen-bond acceptors (Lipinski definition) is 2. The average Bonchev–Trinajstić information content (AvgIpc) is 3.24. The zero-order chi connectivity index (χ0) is 13.7. The lowest BCUT2D eigenvalue weighted by Crippen LogP contribution is -2.30. The molecule has 0 aliphatic heterocycles. The van der Waals surface area contributed by atoms with Gasteiger partial charge in [-0.1, -0.05) is 36.4 Å². The third kappa shape index (κ3) is 3.68. The van der Waals surface area contributed by atoms with Crippen LogP contribution in [0, 0.1) is 11.8 Å². The predicted octanol–water partition coefficient (Wildman–Crippen LogP) is 1.24. The average molecular weight is 258 g/mol. The highest BCUT2D eigenvalue weighted by Gasteiger charge is 2.47. The zero-order valence-electron chi connectivity index (χ0n) is 10.8. The van der Waals surface area contributed by atoms with Crippen molar-refractivity contribution in [3.05, 3.63) is 48.6 Å². The van der Waals surface area contributed by atoms with Gasteiger partial charge in [0.05, 0.1) is 11.8 Å². The highest BCUT2D eigenvalue weighted by atomic mass is 16.2. The quantitative estimate of drug-likeness (QED) is 0.754. The lowest BCUT2D eigenvalue weighted by molar-refractivity contribution is -0.127. The van der Waals surface area contributed by atoms with Crippen molar-refractivity contribution < 1.29 is 9.59 Å². The Kier molecular flexibility index (Phi) is 4.34. The number of carbonyl (C=O) groups is 2. The van der Waals surface area contributed by atoms with E-state index in [0.29, 0.717) is 19.5 Å². The van der Waals surface area contributed by atoms with E-state index in [-0.39, 0.29) is 23.7 Å². The van der Waals surface area contributed by atoms with Gasteiger partial charge in [0.15, 0.2) is 0 Å². The van der Waals surface area contributed by atoms with E-state index in [1.54, 1.807) is 6.08 Å². The maximum atomic E-state index is 11.9. The highest BCUT2D eigenvalue weighted by molar-refractivity contribution is 5.92. The van der Waals surface area contributed by atoms with Gasteiger partial charge in [-0.25, -0.2) is 0 Å². The predicted molar refractivity (Wildman–Crippen MR) is 73.1 cm³/mol. The second-order valence-corrected chi connectivity index (χ2v) is 4.69. The van der Waals surface area contributed by atoms with Gasteiger partial charge in [-0.15, -0.1) is 6.58 Å². The molecule has 1 aromatic rings. The second-order valence-electron chi connectivity index (χ2n) is 4.69. The van der Waals surface area contributed by atoms with Gasteiger partial charge in [-0.05, 0) is 12.0 Å². The topological polar surface area (TPSA) is 58.2 Å². The molecular weight excluding hydrogens is 240 g/mol. The first-order valence-electron chi connectivity index (χ1n) is 6.42. The van der Waals surface area contributed by atoms with Gasteiger partial charge in [0.25, 0.3) is 0 Å². The Labute approximate surface area is 112 Å². The van der Waals surface area contributed by atoms with Gasteiger partial charge >= 0.3 is 0 Å². The van der Waals surface area contributed by atoms with Crippen molar-refractivity contribution >= 4 is 11.8 Å². The first-order chi connectivity index (χ1) is 9.22. The zero-order valence-corrected chi connectivity index (χ0v) is 10.8. The number of benzene rings is 1. The fourth-order valence-corrected chi connectivity index (χ4v) is 1.99. The van der Waals surface area contributed by atoms with Crippen LogP contribution < -0.4 is 10.6 Å². The van der Waals surface area contributed by atoms with Crippen LogP contribution in [0.15, 0.2) is 43.0 Å². The molecule has 1 aromatic carbocycles. The maximum absolute atomic E-state index is 11.9. The molecule has 1 aliphatic carbocycles. The monoisotopic (exact) mass is 258 g/mol. The van der Waals surface area contributed by atoms with E-state index in [1.807, 2.05) is 30.3 Å². The summed E-state index contributed by atoms with van der Waals surface area (Å²) in [6, 6.07) is 9.73. The fourth-order valence-electron chi connectivity index (χ4n) is 1.99. The number of carbonyl (C=O) groups excluding carboxylic acids is 2. The van der Waals surface area contributed by atoms with E-state index in [9.17, 15) is 9.59 Å². The van der Waals surface area contributed by atoms with E-state index >= 15 is 0 Å². The second kappa shape index (κ2) is 6.18. The lowest BCUT2D eigenvalue weighted by atomic mass is 10.2. The molecular formula is C15H18N2O2. The van der Waals surface area contributed by atoms with Gasteiger partial charge < -0.3 is 10.6 Å². The van der Waals surface area contributed by atoms with Crippen LogP contribution >= 0.6 is 0 Å². The summed E-state index contributed by atoms with van der Waals surface area (Å²) in [4.78, 5) is 23.5. The SMILES string of the molecule is C=CCNC(=O)C1CC1C(=O)NCc1ccccc1. The Hall–Kier alpha value is -2.10. The Balaban J connectivity index is 1.74. The fraction of sp³-hybridized carbons (Fsp3) is 0.333. The van der Waals surface area contributed by atoms with Crippen molar-refractivity contribution in [2.24, 2.45) is 11.8 Å². The standard InChI is InChI=1S/C15H18N2O2/c1-2-8-16-14(18)12-9-13(12)15(19)17-10-11-6-4-3-5-7-11/h2-7,12-13H,1,8-10H2,(H,16,18)(H,17,19). The Morgan fingerprint density at radius 3 is 2.42 bits per heavy atom. The molecule has 2 amide bonds. The Morgan fingerprint density at radius 2 is 1.79 bits per heavy atom. The molecule has 2 N–H and O–H groups in total. The summed E-state index contributed by atoms with van der Waals surface area (Å²) < 4.78 is 0. The molecule has 1 saturated carbocycles. The molecule has 2 atom stereocenters. The van der Waals surface area contributed by atoms with E-state index < -0.39 is 0 Å². The number of amides is 2. The van der Waals surface area contributed by atoms with Gasteiger partial charge in [0, 0.05) is 13.1 Å². The number of rotatable bonds is 6. The Bertz CT molecular complexity index is 470. The van der Waals surface area contributed by atoms with Crippen LogP contribution in [0.5, 0.6) is 0 Å². The van der Waals surface area contributed by atoms with Crippen LogP contribution in [0.2, 0.25) is 0 Å². The normalized spacial score (nSPS) is 20.4. The number of hydrogen-bond donors (Lipinski definition) is 2. The Morgan fingerprint density at radius 1 is 1.16 bits per heavy atom. The van der Waals surface area contributed by atoms with Crippen molar-refractivity contribution in [2.45, 2.75) is 13.0 Å². The van der Waals surface area contributed by atoms with Gasteiger partial charge in [-0.2, -0.15) is 0 Å². The third-order valence-electron chi connectivity index (χ3n) is 3.19. The van der Waals surface area contributed by atoms with Crippen LogP contribution in [-0.4, -0.2) is 18.4 Å². The highest BCUT2D eigenvalue weighted by Crippen LogP contribution is 2.38. The molecule has 2 unspecified atom stereocenters. The van der Waals surface area contributed by atoms with Crippen molar-refractivity contribution in [2.75, 3.05) is 6.54 Å². The maximum Gasteiger partial charge on any atom is 0.224 e.